The van der Waals surface area contributed by atoms with Crippen LogP contribution in [0.5, 0.6) is 0 Å². The van der Waals surface area contributed by atoms with Crippen LogP contribution in [0.2, 0.25) is 0 Å². The third-order valence-corrected chi connectivity index (χ3v) is 5.10. The van der Waals surface area contributed by atoms with Crippen molar-refractivity contribution in [3.8, 4) is 0 Å². The largest absolute Gasteiger partial charge is 0.321 e. The van der Waals surface area contributed by atoms with Crippen LogP contribution in [0.3, 0.4) is 0 Å². The summed E-state index contributed by atoms with van der Waals surface area (Å²) in [4.78, 5) is 19.3. The fraction of sp³-hybridized carbons (Fsp3) is 0.217. The number of aromatic amines is 1. The molecular formula is C23H26N6O+2. The van der Waals surface area contributed by atoms with Crippen molar-refractivity contribution in [2.24, 2.45) is 10.2 Å². The number of quaternary nitrogens is 1. The highest BCUT2D eigenvalue weighted by Gasteiger charge is 2.27. The number of piperazine rings is 1. The lowest BCUT2D eigenvalue weighted by atomic mass is 10.2. The van der Waals surface area contributed by atoms with E-state index in [1.54, 1.807) is 0 Å². The summed E-state index contributed by atoms with van der Waals surface area (Å²) in [7, 11) is 0. The van der Waals surface area contributed by atoms with Gasteiger partial charge < -0.3 is 10.2 Å². The van der Waals surface area contributed by atoms with Crippen LogP contribution >= 0.6 is 0 Å². The second-order valence-electron chi connectivity index (χ2n) is 7.29. The maximum Gasteiger partial charge on any atom is 0.279 e. The summed E-state index contributed by atoms with van der Waals surface area (Å²) in [6.45, 7) is 4.22. The van der Waals surface area contributed by atoms with Crippen molar-refractivity contribution >= 4 is 28.8 Å². The standard InChI is InChI=1S/C23H24N6O/c30-23(18-28-14-16-29(17-15-28)22-8-4-5-13-24-22)25-19-9-11-21(12-10-19)27-26-20-6-2-1-3-7-20/h1-13H,14-18H2,(H,25,30)/p+2. The lowest BCUT2D eigenvalue weighted by Crippen LogP contribution is -3.15. The van der Waals surface area contributed by atoms with Crippen molar-refractivity contribution in [2.75, 3.05) is 42.9 Å². The van der Waals surface area contributed by atoms with Crippen molar-refractivity contribution in [2.45, 2.75) is 0 Å². The summed E-state index contributed by atoms with van der Waals surface area (Å²) in [5, 5.41) is 11.4. The third kappa shape index (κ3) is 5.48. The summed E-state index contributed by atoms with van der Waals surface area (Å²) in [6, 6.07) is 23.1. The van der Waals surface area contributed by atoms with Gasteiger partial charge in [0, 0.05) is 11.8 Å². The number of anilines is 2. The van der Waals surface area contributed by atoms with E-state index in [2.05, 4.69) is 31.5 Å². The van der Waals surface area contributed by atoms with E-state index < -0.39 is 0 Å². The number of nitrogens with zero attached hydrogens (tertiary/aromatic N) is 3. The van der Waals surface area contributed by atoms with Gasteiger partial charge in [-0.2, -0.15) is 10.2 Å². The SMILES string of the molecule is O=C(C[NH+]1CCN(c2cccc[nH+]2)CC1)Nc1ccc(N=Nc2ccccc2)cc1. The highest BCUT2D eigenvalue weighted by Crippen LogP contribution is 2.19. The van der Waals surface area contributed by atoms with Crippen LogP contribution in [0.15, 0.2) is 89.2 Å². The van der Waals surface area contributed by atoms with Gasteiger partial charge in [-0.25, -0.2) is 4.98 Å². The van der Waals surface area contributed by atoms with Crippen LogP contribution in [0.25, 0.3) is 0 Å². The smallest absolute Gasteiger partial charge is 0.279 e. The lowest BCUT2D eigenvalue weighted by molar-refractivity contribution is -0.892. The molecule has 2 aromatic carbocycles. The number of nitrogens with one attached hydrogen (secondary N) is 3. The number of carbonyl (C=O) groups excluding carboxylic acids is 1. The molecule has 4 rings (SSSR count). The number of amides is 1. The average Bonchev–Trinajstić information content (AvgIpc) is 2.80. The predicted octanol–water partition coefficient (Wildman–Crippen LogP) is 2.26. The molecule has 0 radical (unpaired) electrons. The normalized spacial score (nSPS) is 14.7. The highest BCUT2D eigenvalue weighted by atomic mass is 16.2. The lowest BCUT2D eigenvalue weighted by Gasteiger charge is -2.27. The van der Waals surface area contributed by atoms with Gasteiger partial charge in [-0.05, 0) is 42.5 Å². The van der Waals surface area contributed by atoms with Gasteiger partial charge in [0.1, 0.15) is 26.2 Å². The number of aromatic nitrogens is 1. The average molecular weight is 403 g/mol. The Balaban J connectivity index is 1.24. The molecule has 1 fully saturated rings. The molecule has 1 amide bonds. The van der Waals surface area contributed by atoms with Gasteiger partial charge in [-0.3, -0.25) is 9.69 Å². The zero-order valence-corrected chi connectivity index (χ0v) is 16.8. The molecule has 1 saturated heterocycles. The second-order valence-corrected chi connectivity index (χ2v) is 7.29. The maximum absolute atomic E-state index is 12.4. The molecule has 1 aliphatic heterocycles. The minimum Gasteiger partial charge on any atom is -0.321 e. The monoisotopic (exact) mass is 402 g/mol. The Bertz CT molecular complexity index is 968. The van der Waals surface area contributed by atoms with Crippen molar-refractivity contribution in [1.29, 1.82) is 0 Å². The van der Waals surface area contributed by atoms with Crippen molar-refractivity contribution < 1.29 is 14.7 Å². The summed E-state index contributed by atoms with van der Waals surface area (Å²) in [6.07, 6.45) is 1.94. The molecule has 0 bridgehead atoms. The van der Waals surface area contributed by atoms with Crippen LogP contribution in [-0.4, -0.2) is 38.6 Å². The highest BCUT2D eigenvalue weighted by molar-refractivity contribution is 5.91. The molecule has 0 saturated carbocycles. The first kappa shape index (κ1) is 19.7. The molecule has 3 N–H and O–H groups in total. The van der Waals surface area contributed by atoms with Crippen molar-refractivity contribution in [1.82, 2.24) is 0 Å². The Morgan fingerprint density at radius 2 is 1.57 bits per heavy atom. The summed E-state index contributed by atoms with van der Waals surface area (Å²) in [5.74, 6) is 1.16. The van der Waals surface area contributed by atoms with E-state index in [1.165, 1.54) is 4.90 Å². The summed E-state index contributed by atoms with van der Waals surface area (Å²) < 4.78 is 0. The molecule has 3 aromatic rings. The van der Waals surface area contributed by atoms with Gasteiger partial charge in [0.15, 0.2) is 6.54 Å². The second kappa shape index (κ2) is 9.76. The van der Waals surface area contributed by atoms with Gasteiger partial charge in [-0.1, -0.05) is 24.3 Å². The van der Waals surface area contributed by atoms with Gasteiger partial charge in [0.2, 0.25) is 0 Å². The van der Waals surface area contributed by atoms with E-state index in [0.717, 1.165) is 49.1 Å². The number of pyridine rings is 1. The van der Waals surface area contributed by atoms with Crippen LogP contribution in [0.1, 0.15) is 0 Å². The number of H-pyrrole nitrogens is 1. The van der Waals surface area contributed by atoms with E-state index in [1.807, 2.05) is 72.9 Å². The number of hydrogen-bond donors (Lipinski definition) is 2. The molecule has 0 unspecified atom stereocenters. The molecule has 1 aromatic heterocycles. The third-order valence-electron chi connectivity index (χ3n) is 5.10. The van der Waals surface area contributed by atoms with Crippen molar-refractivity contribution in [3.63, 3.8) is 0 Å². The number of rotatable bonds is 6. The van der Waals surface area contributed by atoms with E-state index in [4.69, 9.17) is 0 Å². The van der Waals surface area contributed by atoms with Gasteiger partial charge in [0.25, 0.3) is 11.7 Å². The fourth-order valence-corrected chi connectivity index (χ4v) is 3.47. The molecule has 7 nitrogen and oxygen atoms in total. The molecule has 0 atom stereocenters. The molecule has 0 aliphatic carbocycles. The molecule has 7 heteroatoms. The molecule has 1 aliphatic rings. The number of hydrogen-bond acceptors (Lipinski definition) is 4. The predicted molar refractivity (Wildman–Crippen MR) is 116 cm³/mol. The molecule has 30 heavy (non-hydrogen) atoms. The quantitative estimate of drug-likeness (QED) is 0.621. The van der Waals surface area contributed by atoms with Gasteiger partial charge in [0.05, 0.1) is 17.6 Å². The van der Waals surface area contributed by atoms with E-state index in [9.17, 15) is 4.79 Å². The first-order valence-corrected chi connectivity index (χ1v) is 10.2. The van der Waals surface area contributed by atoms with E-state index in [-0.39, 0.29) is 5.91 Å². The zero-order chi connectivity index (χ0) is 20.6. The first-order valence-electron chi connectivity index (χ1n) is 10.2. The molecular weight excluding hydrogens is 376 g/mol. The van der Waals surface area contributed by atoms with Gasteiger partial charge in [-0.15, -0.1) is 0 Å². The van der Waals surface area contributed by atoms with Gasteiger partial charge >= 0.3 is 0 Å². The minimum atomic E-state index is 0.0309. The Kier molecular flexibility index (Phi) is 6.41. The Labute approximate surface area is 176 Å². The zero-order valence-electron chi connectivity index (χ0n) is 16.8. The van der Waals surface area contributed by atoms with Crippen LogP contribution in [0, 0.1) is 0 Å². The fourth-order valence-electron chi connectivity index (χ4n) is 3.47. The summed E-state index contributed by atoms with van der Waals surface area (Å²) >= 11 is 0. The molecule has 2 heterocycles. The Morgan fingerprint density at radius 3 is 2.23 bits per heavy atom. The molecule has 0 spiro atoms. The van der Waals surface area contributed by atoms with Crippen LogP contribution < -0.4 is 20.1 Å². The van der Waals surface area contributed by atoms with Crippen LogP contribution in [0.4, 0.5) is 22.9 Å². The number of azo groups is 1. The number of carbonyl (C=O) groups is 1. The Morgan fingerprint density at radius 1 is 0.900 bits per heavy atom. The van der Waals surface area contributed by atoms with Crippen molar-refractivity contribution in [3.05, 3.63) is 79.0 Å². The number of benzene rings is 2. The van der Waals surface area contributed by atoms with E-state index >= 15 is 0 Å². The topological polar surface area (TPSA) is 75.6 Å². The van der Waals surface area contributed by atoms with E-state index in [0.29, 0.717) is 6.54 Å². The summed E-state index contributed by atoms with van der Waals surface area (Å²) in [5.41, 5.74) is 2.33. The maximum atomic E-state index is 12.4. The Hall–Kier alpha value is -3.58. The minimum absolute atomic E-state index is 0.0309. The first-order chi connectivity index (χ1) is 14.8. The van der Waals surface area contributed by atoms with Crippen LogP contribution in [-0.2, 0) is 4.79 Å². The molecule has 152 valence electrons.